The van der Waals surface area contributed by atoms with E-state index in [0.717, 1.165) is 0 Å². The average Bonchev–Trinajstić information content (AvgIpc) is 2.58. The lowest BCUT2D eigenvalue weighted by Gasteiger charge is -1.85. The summed E-state index contributed by atoms with van der Waals surface area (Å²) in [5.74, 6) is 0. The number of rotatable bonds is 2. The highest BCUT2D eigenvalue weighted by Crippen LogP contribution is 2.19. The summed E-state index contributed by atoms with van der Waals surface area (Å²) in [4.78, 5) is 9.18. The van der Waals surface area contributed by atoms with Gasteiger partial charge in [-0.2, -0.15) is 0 Å². The number of fused-ring (bicyclic) bond motifs is 1. The summed E-state index contributed by atoms with van der Waals surface area (Å²) < 4.78 is 4.15. The zero-order valence-electron chi connectivity index (χ0n) is 8.72. The number of carbonyl (C=O) groups excluding carboxylic acids is 1. The molecule has 0 aliphatic heterocycles. The van der Waals surface area contributed by atoms with Crippen LogP contribution >= 0.6 is 0 Å². The molecule has 0 heterocycles. The van der Waals surface area contributed by atoms with E-state index >= 15 is 0 Å². The quantitative estimate of drug-likeness (QED) is 0.700. The lowest BCUT2D eigenvalue weighted by atomic mass is 10.2. The minimum atomic E-state index is 0.431. The Labute approximate surface area is 89.8 Å². The van der Waals surface area contributed by atoms with E-state index in [9.17, 15) is 4.79 Å². The lowest BCUT2D eigenvalue weighted by Crippen LogP contribution is -1.80. The van der Waals surface area contributed by atoms with Crippen LogP contribution in [0.2, 0.25) is 0 Å². The SMILES string of the molecule is CCOC=O.c1ccc2cccc-2cc1. The highest BCUT2D eigenvalue weighted by atomic mass is 16.5. The molecule has 0 saturated carbocycles. The first-order valence-electron chi connectivity index (χ1n) is 4.87. The van der Waals surface area contributed by atoms with Crippen LogP contribution in [0.15, 0.2) is 48.5 Å². The Kier molecular flexibility index (Phi) is 4.95. The van der Waals surface area contributed by atoms with E-state index in [0.29, 0.717) is 13.1 Å². The van der Waals surface area contributed by atoms with E-state index in [-0.39, 0.29) is 0 Å². The molecule has 0 aromatic heterocycles. The molecule has 2 heteroatoms. The molecule has 2 aliphatic rings. The first-order chi connectivity index (χ1) is 7.38. The third kappa shape index (κ3) is 3.81. The lowest BCUT2D eigenvalue weighted by molar-refractivity contribution is -0.128. The summed E-state index contributed by atoms with van der Waals surface area (Å²) in [6.45, 7) is 2.66. The minimum Gasteiger partial charge on any atom is -0.468 e. The van der Waals surface area contributed by atoms with Crippen LogP contribution in [0.4, 0.5) is 0 Å². The van der Waals surface area contributed by atoms with Crippen LogP contribution in [0, 0.1) is 0 Å². The molecule has 0 unspecified atom stereocenters. The molecule has 2 rings (SSSR count). The second-order valence-electron chi connectivity index (χ2n) is 2.90. The molecule has 0 atom stereocenters. The summed E-state index contributed by atoms with van der Waals surface area (Å²) in [7, 11) is 0. The van der Waals surface area contributed by atoms with Gasteiger partial charge in [0, 0.05) is 0 Å². The summed E-state index contributed by atoms with van der Waals surface area (Å²) >= 11 is 0. The first kappa shape index (κ1) is 11.2. The largest absolute Gasteiger partial charge is 0.468 e. The minimum absolute atomic E-state index is 0.431. The standard InChI is InChI=1S/C10H8.C3H6O2/c1-2-5-9-7-4-8-10(9)6-3-1;1-2-5-3-4/h1-8H;3H,2H2,1H3. The maximum atomic E-state index is 9.18. The van der Waals surface area contributed by atoms with Crippen LogP contribution in [0.1, 0.15) is 6.92 Å². The molecule has 0 amide bonds. The maximum absolute atomic E-state index is 9.18. The predicted octanol–water partition coefficient (Wildman–Crippen LogP) is 2.97. The third-order valence-corrected chi connectivity index (χ3v) is 1.89. The molecule has 0 saturated heterocycles. The first-order valence-corrected chi connectivity index (χ1v) is 4.87. The normalized spacial score (nSPS) is 8.87. The molecular weight excluding hydrogens is 188 g/mol. The molecule has 78 valence electrons. The Morgan fingerprint density at radius 2 is 1.53 bits per heavy atom. The zero-order valence-corrected chi connectivity index (χ0v) is 8.72. The Balaban J connectivity index is 0.000000195. The van der Waals surface area contributed by atoms with Crippen molar-refractivity contribution < 1.29 is 9.53 Å². The van der Waals surface area contributed by atoms with Crippen LogP contribution in [0.5, 0.6) is 0 Å². The molecule has 0 aromatic rings. The summed E-state index contributed by atoms with van der Waals surface area (Å²) in [5.41, 5.74) is 2.62. The van der Waals surface area contributed by atoms with Crippen molar-refractivity contribution >= 4 is 6.47 Å². The monoisotopic (exact) mass is 202 g/mol. The van der Waals surface area contributed by atoms with Gasteiger partial charge in [-0.05, 0) is 18.1 Å². The van der Waals surface area contributed by atoms with Gasteiger partial charge < -0.3 is 4.74 Å². The van der Waals surface area contributed by atoms with Crippen molar-refractivity contribution in [2.75, 3.05) is 6.61 Å². The van der Waals surface area contributed by atoms with Crippen molar-refractivity contribution in [3.63, 3.8) is 0 Å². The van der Waals surface area contributed by atoms with E-state index < -0.39 is 0 Å². The van der Waals surface area contributed by atoms with Crippen molar-refractivity contribution in [3.05, 3.63) is 48.5 Å². The zero-order chi connectivity index (χ0) is 10.9. The predicted molar refractivity (Wildman–Crippen MR) is 60.8 cm³/mol. The Bertz CT molecular complexity index is 343. The fourth-order valence-electron chi connectivity index (χ4n) is 1.20. The van der Waals surface area contributed by atoms with Gasteiger partial charge >= 0.3 is 0 Å². The van der Waals surface area contributed by atoms with Crippen LogP contribution in [-0.2, 0) is 9.53 Å². The van der Waals surface area contributed by atoms with Crippen molar-refractivity contribution in [2.24, 2.45) is 0 Å². The van der Waals surface area contributed by atoms with Gasteiger partial charge in [-0.3, -0.25) is 4.79 Å². The highest BCUT2D eigenvalue weighted by Gasteiger charge is 1.94. The number of hydrogen-bond acceptors (Lipinski definition) is 2. The molecule has 0 N–H and O–H groups in total. The van der Waals surface area contributed by atoms with Gasteiger partial charge in [0.25, 0.3) is 6.47 Å². The van der Waals surface area contributed by atoms with Gasteiger partial charge in [0.2, 0.25) is 0 Å². The van der Waals surface area contributed by atoms with Gasteiger partial charge in [0.05, 0.1) is 6.61 Å². The van der Waals surface area contributed by atoms with Crippen LogP contribution in [0.3, 0.4) is 0 Å². The van der Waals surface area contributed by atoms with E-state index in [1.165, 1.54) is 11.1 Å². The molecule has 0 bridgehead atoms. The molecule has 0 spiro atoms. The Hall–Kier alpha value is -1.83. The molecule has 0 radical (unpaired) electrons. The van der Waals surface area contributed by atoms with E-state index in [1.54, 1.807) is 6.92 Å². The Morgan fingerprint density at radius 1 is 1.00 bits per heavy atom. The fraction of sp³-hybridized carbons (Fsp3) is 0.154. The molecule has 0 fully saturated rings. The van der Waals surface area contributed by atoms with Crippen LogP contribution in [-0.4, -0.2) is 13.1 Å². The molecule has 0 aromatic carbocycles. The van der Waals surface area contributed by atoms with Gasteiger partial charge in [0.1, 0.15) is 0 Å². The van der Waals surface area contributed by atoms with E-state index in [4.69, 9.17) is 0 Å². The second-order valence-corrected chi connectivity index (χ2v) is 2.90. The fourth-order valence-corrected chi connectivity index (χ4v) is 1.20. The summed E-state index contributed by atoms with van der Waals surface area (Å²) in [6, 6.07) is 16.7. The number of carbonyl (C=O) groups is 1. The van der Waals surface area contributed by atoms with Gasteiger partial charge in [0.15, 0.2) is 0 Å². The third-order valence-electron chi connectivity index (χ3n) is 1.89. The topological polar surface area (TPSA) is 26.3 Å². The van der Waals surface area contributed by atoms with E-state index in [2.05, 4.69) is 47.2 Å². The van der Waals surface area contributed by atoms with Gasteiger partial charge in [-0.15, -0.1) is 0 Å². The molecule has 2 aliphatic carbocycles. The smallest absolute Gasteiger partial charge is 0.293 e. The number of hydrogen-bond donors (Lipinski definition) is 0. The molecular formula is C13H14O2. The van der Waals surface area contributed by atoms with E-state index in [1.807, 2.05) is 6.07 Å². The van der Waals surface area contributed by atoms with Crippen LogP contribution < -0.4 is 0 Å². The maximum Gasteiger partial charge on any atom is 0.293 e. The van der Waals surface area contributed by atoms with Crippen molar-refractivity contribution in [2.45, 2.75) is 6.92 Å². The van der Waals surface area contributed by atoms with Crippen molar-refractivity contribution in [3.8, 4) is 11.1 Å². The van der Waals surface area contributed by atoms with Gasteiger partial charge in [-0.25, -0.2) is 0 Å². The average molecular weight is 202 g/mol. The molecule has 15 heavy (non-hydrogen) atoms. The highest BCUT2D eigenvalue weighted by molar-refractivity contribution is 5.65. The van der Waals surface area contributed by atoms with Crippen molar-refractivity contribution in [1.82, 2.24) is 0 Å². The van der Waals surface area contributed by atoms with Crippen LogP contribution in [0.25, 0.3) is 11.1 Å². The summed E-state index contributed by atoms with van der Waals surface area (Å²) in [6.07, 6.45) is 0. The Morgan fingerprint density at radius 3 is 1.93 bits per heavy atom. The van der Waals surface area contributed by atoms with Crippen molar-refractivity contribution in [1.29, 1.82) is 0 Å². The summed E-state index contributed by atoms with van der Waals surface area (Å²) in [5, 5.41) is 0. The van der Waals surface area contributed by atoms with Gasteiger partial charge in [-0.1, -0.05) is 48.5 Å². The number of ether oxygens (including phenoxy) is 1. The molecule has 2 nitrogen and oxygen atoms in total. The second kappa shape index (κ2) is 6.60.